The molecule has 2 unspecified atom stereocenters. The zero-order chi connectivity index (χ0) is 33.3. The van der Waals surface area contributed by atoms with Crippen LogP contribution in [0.2, 0.25) is 0 Å². The highest BCUT2D eigenvalue weighted by Gasteiger charge is 2.54. The molecule has 4 aromatic rings. The van der Waals surface area contributed by atoms with Crippen molar-refractivity contribution in [2.75, 3.05) is 5.75 Å². The molecule has 0 radical (unpaired) electrons. The number of rotatable bonds is 8. The van der Waals surface area contributed by atoms with Gasteiger partial charge in [-0.3, -0.25) is 14.5 Å². The van der Waals surface area contributed by atoms with Gasteiger partial charge in [0.2, 0.25) is 5.43 Å². The molecule has 2 aromatic carbocycles. The van der Waals surface area contributed by atoms with E-state index < -0.39 is 41.1 Å². The number of carbonyl (C=O) groups excluding carboxylic acids is 3. The fourth-order valence-electron chi connectivity index (χ4n) is 5.08. The fraction of sp³-hybridized carbons (Fsp3) is 0.235. The van der Waals surface area contributed by atoms with Gasteiger partial charge in [0, 0.05) is 5.75 Å². The molecule has 2 aromatic heterocycles. The molecule has 2 amide bonds. The van der Waals surface area contributed by atoms with Gasteiger partial charge in [0.1, 0.15) is 22.7 Å². The first-order valence-electron chi connectivity index (χ1n) is 14.5. The minimum Gasteiger partial charge on any atom is -0.448 e. The number of ether oxygens (including phenoxy) is 2. The summed E-state index contributed by atoms with van der Waals surface area (Å²) in [5.41, 5.74) is 1.48. The van der Waals surface area contributed by atoms with Crippen molar-refractivity contribution in [3.8, 4) is 0 Å². The normalized spacial score (nSPS) is 18.0. The maximum Gasteiger partial charge on any atom is 0.408 e. The number of nitrogens with one attached hydrogen (secondary N) is 1. The van der Waals surface area contributed by atoms with Gasteiger partial charge in [0.15, 0.2) is 6.10 Å². The highest BCUT2D eigenvalue weighted by Crippen LogP contribution is 2.43. The van der Waals surface area contributed by atoms with Crippen molar-refractivity contribution in [3.05, 3.63) is 121 Å². The number of thiophene rings is 1. The molecular weight excluding hydrogens is 741 g/mol. The summed E-state index contributed by atoms with van der Waals surface area (Å²) < 4.78 is 14.5. The quantitative estimate of drug-likeness (QED) is 0.109. The van der Waals surface area contributed by atoms with Crippen LogP contribution in [0.4, 0.5) is 4.79 Å². The number of hydrogen-bond donors (Lipinski definition) is 1. The van der Waals surface area contributed by atoms with Gasteiger partial charge in [-0.2, -0.15) is 0 Å². The highest BCUT2D eigenvalue weighted by molar-refractivity contribution is 9.10. The molecular formula is C34H29BrN2O6S4. The van der Waals surface area contributed by atoms with E-state index in [1.54, 1.807) is 26.8 Å². The molecule has 6 rings (SSSR count). The molecule has 8 nitrogen and oxygen atoms in total. The van der Waals surface area contributed by atoms with E-state index in [0.717, 1.165) is 20.0 Å². The van der Waals surface area contributed by atoms with Crippen molar-refractivity contribution >= 4 is 89.5 Å². The third kappa shape index (κ3) is 7.24. The first-order valence-corrected chi connectivity index (χ1v) is 18.9. The molecule has 0 spiro atoms. The Kier molecular flexibility index (Phi) is 10.00. The maximum absolute atomic E-state index is 14.2. The van der Waals surface area contributed by atoms with Gasteiger partial charge in [-0.15, -0.1) is 34.4 Å². The topological polar surface area (TPSA) is 102 Å². The molecule has 1 saturated heterocycles. The van der Waals surface area contributed by atoms with Crippen molar-refractivity contribution in [2.24, 2.45) is 0 Å². The number of esters is 1. The first-order chi connectivity index (χ1) is 22.5. The second-order valence-electron chi connectivity index (χ2n) is 11.6. The molecule has 242 valence electrons. The van der Waals surface area contributed by atoms with Crippen molar-refractivity contribution in [1.82, 2.24) is 10.2 Å². The number of halogens is 1. The number of nitrogens with zero attached hydrogens (tertiary/aromatic N) is 1. The Morgan fingerprint density at radius 3 is 2.34 bits per heavy atom. The predicted molar refractivity (Wildman–Crippen MR) is 193 cm³/mol. The van der Waals surface area contributed by atoms with Crippen LogP contribution in [0.1, 0.15) is 38.0 Å². The Morgan fingerprint density at radius 1 is 1.04 bits per heavy atom. The van der Waals surface area contributed by atoms with E-state index in [0.29, 0.717) is 20.5 Å². The highest BCUT2D eigenvalue weighted by atomic mass is 79.9. The summed E-state index contributed by atoms with van der Waals surface area (Å²) in [5.74, 6) is -0.712. The van der Waals surface area contributed by atoms with E-state index >= 15 is 0 Å². The molecule has 47 heavy (non-hydrogen) atoms. The van der Waals surface area contributed by atoms with Crippen molar-refractivity contribution < 1.29 is 23.9 Å². The number of amides is 2. The molecule has 2 atom stereocenters. The Bertz CT molecular complexity index is 1910. The van der Waals surface area contributed by atoms with Crippen molar-refractivity contribution in [3.63, 3.8) is 0 Å². The maximum atomic E-state index is 14.2. The molecule has 13 heteroatoms. The molecule has 0 saturated carbocycles. The van der Waals surface area contributed by atoms with E-state index in [9.17, 15) is 19.2 Å². The van der Waals surface area contributed by atoms with Crippen LogP contribution < -0.4 is 10.7 Å². The van der Waals surface area contributed by atoms with Crippen molar-refractivity contribution in [1.29, 1.82) is 0 Å². The van der Waals surface area contributed by atoms with Crippen molar-refractivity contribution in [2.45, 2.75) is 48.1 Å². The van der Waals surface area contributed by atoms with Gasteiger partial charge in [0.05, 0.1) is 18.1 Å². The number of hydrogen-bond acceptors (Lipinski definition) is 10. The summed E-state index contributed by atoms with van der Waals surface area (Å²) in [5, 5.41) is 5.86. The minimum absolute atomic E-state index is 0.0632. The zero-order valence-corrected chi connectivity index (χ0v) is 30.3. The van der Waals surface area contributed by atoms with Crippen LogP contribution in [0, 0.1) is 0 Å². The zero-order valence-electron chi connectivity index (χ0n) is 25.4. The lowest BCUT2D eigenvalue weighted by Crippen LogP contribution is -2.70. The molecule has 2 aliphatic rings. The van der Waals surface area contributed by atoms with Gasteiger partial charge in [-0.25, -0.2) is 9.59 Å². The Morgan fingerprint density at radius 2 is 1.70 bits per heavy atom. The average molecular weight is 770 g/mol. The van der Waals surface area contributed by atoms with Crippen LogP contribution in [0.5, 0.6) is 0 Å². The molecule has 2 aliphatic heterocycles. The minimum atomic E-state index is -0.859. The van der Waals surface area contributed by atoms with Crippen LogP contribution in [0.15, 0.2) is 108 Å². The van der Waals surface area contributed by atoms with Gasteiger partial charge >= 0.3 is 12.1 Å². The summed E-state index contributed by atoms with van der Waals surface area (Å²) in [6.45, 7) is 5.24. The lowest BCUT2D eigenvalue weighted by Gasteiger charge is -2.49. The third-order valence-electron chi connectivity index (χ3n) is 7.15. The number of carbonyl (C=O) groups is 3. The summed E-state index contributed by atoms with van der Waals surface area (Å²) in [6.07, 6.45) is 0.364. The van der Waals surface area contributed by atoms with Gasteiger partial charge in [-0.1, -0.05) is 72.4 Å². The molecule has 1 N–H and O–H groups in total. The van der Waals surface area contributed by atoms with Crippen LogP contribution in [0.3, 0.4) is 0 Å². The second-order valence-corrected chi connectivity index (χ2v) is 16.6. The monoisotopic (exact) mass is 768 g/mol. The number of β-lactam (4-membered cyclic amide) rings is 1. The molecule has 0 bridgehead atoms. The Labute approximate surface area is 296 Å². The Balaban J connectivity index is 1.32. The lowest BCUT2D eigenvalue weighted by molar-refractivity contribution is -0.153. The first kappa shape index (κ1) is 33.5. The number of alkyl carbamates (subject to hydrolysis) is 1. The second kappa shape index (κ2) is 14.0. The predicted octanol–water partition coefficient (Wildman–Crippen LogP) is 8.09. The van der Waals surface area contributed by atoms with E-state index in [1.807, 2.05) is 77.5 Å². The summed E-state index contributed by atoms with van der Waals surface area (Å²) >= 11 is 9.15. The fourth-order valence-corrected chi connectivity index (χ4v) is 10.2. The Hall–Kier alpha value is -3.36. The van der Waals surface area contributed by atoms with Gasteiger partial charge in [0.25, 0.3) is 5.91 Å². The summed E-state index contributed by atoms with van der Waals surface area (Å²) in [6, 6.07) is 19.9. The number of benzene rings is 2. The SMILES string of the molecule is CC(C)(C)OC(=O)NC1C(=O)N2C(C(=O)OC(c3ccccc3)c3ccccc3)=C(/C=C/Sc3sc4ccsc4c(=O)c3Br)CSC12. The van der Waals surface area contributed by atoms with E-state index in [1.165, 1.54) is 51.1 Å². The third-order valence-corrected chi connectivity index (χ3v) is 13.0. The van der Waals surface area contributed by atoms with E-state index in [2.05, 4.69) is 21.2 Å². The molecule has 4 heterocycles. The standard InChI is InChI=1S/C34H29BrN2O6S4/c1-34(2,3)43-33(41)36-24-29(39)37-25(31(40)42-27(19-10-6-4-7-11-19)20-12-8-5-9-13-20)21(18-46-30(24)37)14-16-45-32-23(35)26(38)28-22(47-32)15-17-44-28/h4-17,24,27,30H,18H2,1-3H3,(H,36,41)/b16-14+. The van der Waals surface area contributed by atoms with E-state index in [-0.39, 0.29) is 11.1 Å². The van der Waals surface area contributed by atoms with Crippen LogP contribution in [-0.4, -0.2) is 45.6 Å². The van der Waals surface area contributed by atoms with Gasteiger partial charge in [-0.05, 0) is 76.3 Å². The lowest BCUT2D eigenvalue weighted by atomic mass is 10.0. The smallest absolute Gasteiger partial charge is 0.408 e. The molecule has 0 aliphatic carbocycles. The number of fused-ring (bicyclic) bond motifs is 2. The van der Waals surface area contributed by atoms with Crippen LogP contribution in [0.25, 0.3) is 9.40 Å². The average Bonchev–Trinajstić information content (AvgIpc) is 3.53. The summed E-state index contributed by atoms with van der Waals surface area (Å²) in [7, 11) is 0. The molecule has 1 fully saturated rings. The van der Waals surface area contributed by atoms with Gasteiger partial charge < -0.3 is 14.8 Å². The van der Waals surface area contributed by atoms with Crippen LogP contribution in [-0.2, 0) is 19.1 Å². The number of allylic oxidation sites excluding steroid dienone is 1. The van der Waals surface area contributed by atoms with E-state index in [4.69, 9.17) is 9.47 Å². The number of thioether (sulfide) groups is 2. The summed E-state index contributed by atoms with van der Waals surface area (Å²) in [4.78, 5) is 54.6. The van der Waals surface area contributed by atoms with Crippen LogP contribution >= 0.6 is 62.1 Å². The largest absolute Gasteiger partial charge is 0.448 e.